The SMILES string of the molecule is CN(CC1(CO)CCC1)C(=O)C[C@@H]1C(=O)NCCN1CCc1ccccc1. The van der Waals surface area contributed by atoms with E-state index in [1.807, 2.05) is 18.2 Å². The number of hydrogen-bond acceptors (Lipinski definition) is 4. The normalized spacial score (nSPS) is 22.0. The van der Waals surface area contributed by atoms with Gasteiger partial charge in [0.05, 0.1) is 19.1 Å². The van der Waals surface area contributed by atoms with Crippen LogP contribution >= 0.6 is 0 Å². The minimum absolute atomic E-state index is 0.0264. The minimum Gasteiger partial charge on any atom is -0.396 e. The zero-order valence-electron chi connectivity index (χ0n) is 16.2. The highest BCUT2D eigenvalue weighted by molar-refractivity contribution is 5.88. The first-order valence-corrected chi connectivity index (χ1v) is 9.93. The summed E-state index contributed by atoms with van der Waals surface area (Å²) in [6.45, 7) is 2.85. The largest absolute Gasteiger partial charge is 0.396 e. The molecule has 3 rings (SSSR count). The summed E-state index contributed by atoms with van der Waals surface area (Å²) in [6.07, 6.45) is 4.10. The Hall–Kier alpha value is -1.92. The van der Waals surface area contributed by atoms with Gasteiger partial charge in [-0.15, -0.1) is 0 Å². The Morgan fingerprint density at radius 2 is 2.07 bits per heavy atom. The Balaban J connectivity index is 1.57. The summed E-state index contributed by atoms with van der Waals surface area (Å²) >= 11 is 0. The van der Waals surface area contributed by atoms with Crippen molar-refractivity contribution < 1.29 is 14.7 Å². The van der Waals surface area contributed by atoms with E-state index in [-0.39, 0.29) is 30.3 Å². The highest BCUT2D eigenvalue weighted by Gasteiger charge is 2.39. The molecule has 0 bridgehead atoms. The second kappa shape index (κ2) is 8.85. The summed E-state index contributed by atoms with van der Waals surface area (Å²) in [5.74, 6) is -0.0851. The molecule has 1 aromatic carbocycles. The number of carbonyl (C=O) groups is 2. The smallest absolute Gasteiger partial charge is 0.237 e. The topological polar surface area (TPSA) is 72.9 Å². The van der Waals surface area contributed by atoms with Gasteiger partial charge in [-0.2, -0.15) is 0 Å². The highest BCUT2D eigenvalue weighted by atomic mass is 16.3. The lowest BCUT2D eigenvalue weighted by Crippen LogP contribution is -2.57. The van der Waals surface area contributed by atoms with Crippen LogP contribution in [0.15, 0.2) is 30.3 Å². The van der Waals surface area contributed by atoms with E-state index in [2.05, 4.69) is 22.3 Å². The van der Waals surface area contributed by atoms with Gasteiger partial charge in [0.15, 0.2) is 0 Å². The van der Waals surface area contributed by atoms with Crippen molar-refractivity contribution in [1.82, 2.24) is 15.1 Å². The molecule has 0 aromatic heterocycles. The second-order valence-corrected chi connectivity index (χ2v) is 8.04. The number of benzene rings is 1. The molecular weight excluding hydrogens is 342 g/mol. The molecule has 6 nitrogen and oxygen atoms in total. The van der Waals surface area contributed by atoms with Crippen LogP contribution in [-0.4, -0.2) is 72.6 Å². The summed E-state index contributed by atoms with van der Waals surface area (Å²) in [6, 6.07) is 9.80. The summed E-state index contributed by atoms with van der Waals surface area (Å²) in [5.41, 5.74) is 1.10. The third-order valence-electron chi connectivity index (χ3n) is 6.09. The van der Waals surface area contributed by atoms with Crippen LogP contribution in [0.1, 0.15) is 31.2 Å². The predicted octanol–water partition coefficient (Wildman–Crippen LogP) is 1.04. The fraction of sp³-hybridized carbons (Fsp3) is 0.619. The van der Waals surface area contributed by atoms with E-state index in [1.165, 1.54) is 5.56 Å². The lowest BCUT2D eigenvalue weighted by Gasteiger charge is -2.43. The van der Waals surface area contributed by atoms with E-state index in [1.54, 1.807) is 11.9 Å². The Bertz CT molecular complexity index is 640. The van der Waals surface area contributed by atoms with Gasteiger partial charge in [0, 0.05) is 38.6 Å². The first-order chi connectivity index (χ1) is 13.0. The first kappa shape index (κ1) is 19.8. The van der Waals surface area contributed by atoms with Gasteiger partial charge in [-0.3, -0.25) is 14.5 Å². The molecule has 27 heavy (non-hydrogen) atoms. The molecule has 1 heterocycles. The Morgan fingerprint density at radius 3 is 2.70 bits per heavy atom. The molecular formula is C21H31N3O3. The van der Waals surface area contributed by atoms with Gasteiger partial charge < -0.3 is 15.3 Å². The van der Waals surface area contributed by atoms with E-state index >= 15 is 0 Å². The van der Waals surface area contributed by atoms with Gasteiger partial charge in [-0.1, -0.05) is 36.8 Å². The molecule has 1 saturated heterocycles. The van der Waals surface area contributed by atoms with Crippen LogP contribution in [0.25, 0.3) is 0 Å². The number of aliphatic hydroxyl groups excluding tert-OH is 1. The van der Waals surface area contributed by atoms with Crippen LogP contribution < -0.4 is 5.32 Å². The highest BCUT2D eigenvalue weighted by Crippen LogP contribution is 2.40. The first-order valence-electron chi connectivity index (χ1n) is 9.93. The van der Waals surface area contributed by atoms with Crippen LogP contribution in [0.4, 0.5) is 0 Å². The van der Waals surface area contributed by atoms with Crippen molar-refractivity contribution in [3.05, 3.63) is 35.9 Å². The molecule has 1 aromatic rings. The van der Waals surface area contributed by atoms with Gasteiger partial charge in [-0.25, -0.2) is 0 Å². The number of nitrogens with zero attached hydrogens (tertiary/aromatic N) is 2. The van der Waals surface area contributed by atoms with E-state index in [0.717, 1.165) is 38.8 Å². The predicted molar refractivity (Wildman–Crippen MR) is 104 cm³/mol. The maximum atomic E-state index is 12.7. The van der Waals surface area contributed by atoms with Gasteiger partial charge in [0.25, 0.3) is 0 Å². The number of nitrogens with one attached hydrogen (secondary N) is 1. The van der Waals surface area contributed by atoms with Crippen molar-refractivity contribution in [2.45, 2.75) is 38.1 Å². The molecule has 1 saturated carbocycles. The van der Waals surface area contributed by atoms with Crippen LogP contribution in [-0.2, 0) is 16.0 Å². The third-order valence-corrected chi connectivity index (χ3v) is 6.09. The average Bonchev–Trinajstić information content (AvgIpc) is 2.65. The van der Waals surface area contributed by atoms with Crippen molar-refractivity contribution in [1.29, 1.82) is 0 Å². The van der Waals surface area contributed by atoms with E-state index in [0.29, 0.717) is 13.1 Å². The number of amides is 2. The van der Waals surface area contributed by atoms with Crippen molar-refractivity contribution in [2.24, 2.45) is 5.41 Å². The average molecular weight is 373 g/mol. The summed E-state index contributed by atoms with van der Waals surface area (Å²) in [5, 5.41) is 12.5. The lowest BCUT2D eigenvalue weighted by molar-refractivity contribution is -0.140. The van der Waals surface area contributed by atoms with Gasteiger partial charge in [-0.05, 0) is 24.8 Å². The molecule has 2 fully saturated rings. The molecule has 1 atom stereocenters. The maximum Gasteiger partial charge on any atom is 0.237 e. The zero-order chi connectivity index (χ0) is 19.3. The number of rotatable bonds is 8. The van der Waals surface area contributed by atoms with Crippen molar-refractivity contribution in [3.63, 3.8) is 0 Å². The zero-order valence-corrected chi connectivity index (χ0v) is 16.2. The van der Waals surface area contributed by atoms with Gasteiger partial charge in [0.1, 0.15) is 0 Å². The molecule has 0 radical (unpaired) electrons. The second-order valence-electron chi connectivity index (χ2n) is 8.04. The number of aliphatic hydroxyl groups is 1. The molecule has 2 amide bonds. The molecule has 1 aliphatic heterocycles. The van der Waals surface area contributed by atoms with Crippen LogP contribution in [0, 0.1) is 5.41 Å². The van der Waals surface area contributed by atoms with Gasteiger partial charge >= 0.3 is 0 Å². The quantitative estimate of drug-likeness (QED) is 0.714. The molecule has 148 valence electrons. The van der Waals surface area contributed by atoms with Crippen molar-refractivity contribution in [2.75, 3.05) is 39.8 Å². The number of carbonyl (C=O) groups excluding carboxylic acids is 2. The fourth-order valence-corrected chi connectivity index (χ4v) is 4.12. The van der Waals surface area contributed by atoms with E-state index in [9.17, 15) is 14.7 Å². The Kier molecular flexibility index (Phi) is 6.50. The van der Waals surface area contributed by atoms with Crippen molar-refractivity contribution >= 4 is 11.8 Å². The number of piperazine rings is 1. The third kappa shape index (κ3) is 4.87. The van der Waals surface area contributed by atoms with Crippen LogP contribution in [0.2, 0.25) is 0 Å². The monoisotopic (exact) mass is 373 g/mol. The van der Waals surface area contributed by atoms with E-state index < -0.39 is 6.04 Å². The molecule has 0 spiro atoms. The van der Waals surface area contributed by atoms with Gasteiger partial charge in [0.2, 0.25) is 11.8 Å². The summed E-state index contributed by atoms with van der Waals surface area (Å²) in [7, 11) is 1.78. The summed E-state index contributed by atoms with van der Waals surface area (Å²) in [4.78, 5) is 29.0. The minimum atomic E-state index is -0.413. The van der Waals surface area contributed by atoms with E-state index in [4.69, 9.17) is 0 Å². The molecule has 1 aliphatic carbocycles. The number of hydrogen-bond donors (Lipinski definition) is 2. The Labute approximate surface area is 161 Å². The summed E-state index contributed by atoms with van der Waals surface area (Å²) < 4.78 is 0. The Morgan fingerprint density at radius 1 is 1.33 bits per heavy atom. The standard InChI is InChI=1S/C21H31N3O3/c1-23(15-21(16-25)9-5-10-21)19(26)14-18-20(27)22-11-13-24(18)12-8-17-6-3-2-4-7-17/h2-4,6-7,18,25H,5,8-16H2,1H3,(H,22,27)/t18-/m1/s1. The molecule has 6 heteroatoms. The lowest BCUT2D eigenvalue weighted by atomic mass is 9.69. The van der Waals surface area contributed by atoms with Crippen LogP contribution in [0.3, 0.4) is 0 Å². The fourth-order valence-electron chi connectivity index (χ4n) is 4.12. The van der Waals surface area contributed by atoms with Crippen molar-refractivity contribution in [3.8, 4) is 0 Å². The van der Waals surface area contributed by atoms with Crippen LogP contribution in [0.5, 0.6) is 0 Å². The molecule has 0 unspecified atom stereocenters. The molecule has 2 aliphatic rings. The maximum absolute atomic E-state index is 12.7. The molecule has 2 N–H and O–H groups in total.